The molecule has 0 radical (unpaired) electrons. The van der Waals surface area contributed by atoms with Crippen LogP contribution >= 0.6 is 11.6 Å². The normalized spacial score (nSPS) is 12.0. The van der Waals surface area contributed by atoms with Gasteiger partial charge in [-0.25, -0.2) is 67.0 Å². The first kappa shape index (κ1) is 63.7. The smallest absolute Gasteiger partial charge is 0.420 e. The van der Waals surface area contributed by atoms with Gasteiger partial charge in [0.1, 0.15) is 35.2 Å². The van der Waals surface area contributed by atoms with E-state index < -0.39 is 78.0 Å². The first-order chi connectivity index (χ1) is 40.6. The van der Waals surface area contributed by atoms with Crippen molar-refractivity contribution in [3.8, 4) is 0 Å². The minimum atomic E-state index is -4.12. The fourth-order valence-corrected chi connectivity index (χ4v) is 10.9. The summed E-state index contributed by atoms with van der Waals surface area (Å²) in [4.78, 5) is 72.9. The average Bonchev–Trinajstić information content (AvgIpc) is 1.79. The van der Waals surface area contributed by atoms with Crippen molar-refractivity contribution >= 4 is 127 Å². The maximum Gasteiger partial charge on any atom is 0.420 e. The summed E-state index contributed by atoms with van der Waals surface area (Å²) in [5, 5.41) is 9.92. The second kappa shape index (κ2) is 26.8. The van der Waals surface area contributed by atoms with Gasteiger partial charge in [-0.05, 0) is 141 Å². The lowest BCUT2D eigenvalue weighted by Crippen LogP contribution is -2.30. The number of nitrogens with one attached hydrogen (secondary N) is 7. The molecule has 0 saturated carbocycles. The number of rotatable bonds is 14. The van der Waals surface area contributed by atoms with Gasteiger partial charge in [0.2, 0.25) is 11.8 Å². The maximum atomic E-state index is 13.8. The van der Waals surface area contributed by atoms with Crippen LogP contribution in [0.25, 0.3) is 32.7 Å². The van der Waals surface area contributed by atoms with Gasteiger partial charge in [0.05, 0.1) is 52.6 Å². The minimum absolute atomic E-state index is 0. The molecule has 9 aromatic rings. The molecule has 0 spiro atoms. The van der Waals surface area contributed by atoms with Crippen molar-refractivity contribution in [2.45, 2.75) is 40.6 Å². The van der Waals surface area contributed by atoms with Gasteiger partial charge >= 0.3 is 18.3 Å². The molecule has 0 fully saturated rings. The van der Waals surface area contributed by atoms with Gasteiger partial charge in [-0.15, -0.1) is 0 Å². The zero-order chi connectivity index (χ0) is 62.8. The van der Waals surface area contributed by atoms with E-state index in [4.69, 9.17) is 11.6 Å². The van der Waals surface area contributed by atoms with Crippen molar-refractivity contribution in [3.63, 3.8) is 0 Å². The number of H-pyrrole nitrogens is 1. The van der Waals surface area contributed by atoms with Gasteiger partial charge in [0.25, 0.3) is 36.0 Å². The van der Waals surface area contributed by atoms with Gasteiger partial charge in [-0.2, -0.15) is 0 Å². The number of carbonyl (C=O) groups excluding carboxylic acids is 6. The Hall–Kier alpha value is -9.91. The molecule has 0 aliphatic rings. The zero-order valence-corrected chi connectivity index (χ0v) is 48.5. The second-order valence-corrected chi connectivity index (χ2v) is 23.5. The van der Waals surface area contributed by atoms with E-state index in [-0.39, 0.29) is 64.6 Å². The van der Waals surface area contributed by atoms with E-state index in [1.54, 1.807) is 79.9 Å². The molecule has 3 heterocycles. The molecular weight excluding hydrogens is 1220 g/mol. The van der Waals surface area contributed by atoms with E-state index in [2.05, 4.69) is 35.1 Å². The highest BCUT2D eigenvalue weighted by molar-refractivity contribution is 7.90. The van der Waals surface area contributed by atoms with Crippen LogP contribution in [-0.4, -0.2) is 96.7 Å². The van der Waals surface area contributed by atoms with Crippen LogP contribution < -0.4 is 30.1 Å². The monoisotopic (exact) mass is 1280 g/mol. The second-order valence-electron chi connectivity index (χ2n) is 18.0. The fourth-order valence-electron chi connectivity index (χ4n) is 7.96. The van der Waals surface area contributed by atoms with E-state index in [9.17, 15) is 67.2 Å². The standard InChI is InChI=1S/C19H18ClN3O5S.C19H18FN3O5S.C17H13F2N3O5S.7H2/c1-12(23-10-9-13-3-4-14(20)11-17(13)23)18(24)21-15-5-7-16(8-6-15)29(26,27)22-19(25)28-2;1-12(23-11-10-15-16(20)4-3-5-17(15)23)18(24)21-13-6-8-14(9-7-13)29(26,27)22-19(25)28-2;1-27-17(24)22-28(25,26)11-4-2-10(3-5-11)20-16(23)15-8-12-13(19)6-9(18)7-14(12)21-15;;;;;;;/h2*3-12H,1-2H3,(H,21,24)(H,22,25);2-8,21H,1H3,(H,20,23)(H,22,24);7*1H/t2*12-;;;;;;;;/m10......../s1. The van der Waals surface area contributed by atoms with Crippen molar-refractivity contribution < 1.29 is 91.4 Å². The predicted octanol–water partition coefficient (Wildman–Crippen LogP) is 11.0. The van der Waals surface area contributed by atoms with Crippen LogP contribution in [0.4, 0.5) is 44.6 Å². The number of benzene rings is 6. The summed E-state index contributed by atoms with van der Waals surface area (Å²) in [6.45, 7) is 3.41. The third kappa shape index (κ3) is 15.4. The largest absolute Gasteiger partial charge is 0.452 e. The van der Waals surface area contributed by atoms with Crippen LogP contribution in [0.1, 0.15) is 46.4 Å². The molecule has 7 N–H and O–H groups in total. The Morgan fingerprint density at radius 1 is 0.512 bits per heavy atom. The van der Waals surface area contributed by atoms with Crippen molar-refractivity contribution in [1.82, 2.24) is 28.3 Å². The van der Waals surface area contributed by atoms with Crippen LogP contribution in [0, 0.1) is 17.5 Å². The quantitative estimate of drug-likeness (QED) is 0.0498. The molecule has 0 bridgehead atoms. The number of halogens is 4. The van der Waals surface area contributed by atoms with E-state index >= 15 is 0 Å². The summed E-state index contributed by atoms with van der Waals surface area (Å²) in [6.07, 6.45) is 0.104. The van der Waals surface area contributed by atoms with Gasteiger partial charge in [0, 0.05) is 61.3 Å². The number of amides is 6. The molecule has 0 saturated heterocycles. The third-order valence-corrected chi connectivity index (χ3v) is 16.6. The number of anilines is 3. The molecule has 31 heteroatoms. The number of fused-ring (bicyclic) bond motifs is 3. The number of carbonyl (C=O) groups is 6. The van der Waals surface area contributed by atoms with Crippen molar-refractivity contribution in [3.05, 3.63) is 180 Å². The molecule has 464 valence electrons. The number of nitrogens with zero attached hydrogens (tertiary/aromatic N) is 2. The van der Waals surface area contributed by atoms with E-state index in [1.165, 1.54) is 84.9 Å². The zero-order valence-electron chi connectivity index (χ0n) is 45.3. The molecule has 9 rings (SSSR count). The SMILES string of the molecule is COC(=O)NS(=O)(=O)c1ccc(NC(=O)[C@@H](C)n2ccc3ccc(Cl)cc32)cc1.COC(=O)NS(=O)(=O)c1ccc(NC(=O)[C@H](C)n2ccc3c(F)cccc32)cc1.COC(=O)NS(=O)(=O)c1ccc(NC(=O)c2cc3c(F)cc(F)cc3[nH]2)cc1.[HH].[HH].[HH].[HH].[HH].[HH].[HH]. The Morgan fingerprint density at radius 2 is 0.953 bits per heavy atom. The van der Waals surface area contributed by atoms with Crippen LogP contribution in [-0.2, 0) is 53.9 Å². The number of methoxy groups -OCH3 is 3. The Kier molecular flexibility index (Phi) is 19.8. The predicted molar refractivity (Wildman–Crippen MR) is 324 cm³/mol. The molecular formula is C55H63ClF3N9O15S3. The van der Waals surface area contributed by atoms with Crippen LogP contribution in [0.2, 0.25) is 5.02 Å². The fraction of sp³-hybridized carbons (Fsp3) is 0.127. The number of hydrogen-bond acceptors (Lipinski definition) is 15. The highest BCUT2D eigenvalue weighted by Crippen LogP contribution is 2.27. The van der Waals surface area contributed by atoms with E-state index in [0.29, 0.717) is 33.4 Å². The number of aromatic amines is 1. The Labute approximate surface area is 503 Å². The van der Waals surface area contributed by atoms with E-state index in [0.717, 1.165) is 38.3 Å². The van der Waals surface area contributed by atoms with Crippen molar-refractivity contribution in [1.29, 1.82) is 0 Å². The highest BCUT2D eigenvalue weighted by atomic mass is 35.5. The first-order valence-corrected chi connectivity index (χ1v) is 29.5. The number of sulfonamides is 3. The van der Waals surface area contributed by atoms with E-state index in [1.807, 2.05) is 12.1 Å². The molecule has 0 aliphatic heterocycles. The lowest BCUT2D eigenvalue weighted by molar-refractivity contribution is -0.119. The summed E-state index contributed by atoms with van der Waals surface area (Å²) in [5.41, 5.74) is 2.54. The molecule has 6 amide bonds. The van der Waals surface area contributed by atoms with Gasteiger partial charge in [-0.3, -0.25) is 14.4 Å². The van der Waals surface area contributed by atoms with Crippen LogP contribution in [0.5, 0.6) is 0 Å². The highest BCUT2D eigenvalue weighted by Gasteiger charge is 2.24. The van der Waals surface area contributed by atoms with Crippen LogP contribution in [0.15, 0.2) is 167 Å². The average molecular weight is 1280 g/mol. The topological polar surface area (TPSA) is 330 Å². The first-order valence-electron chi connectivity index (χ1n) is 24.7. The number of aromatic nitrogens is 3. The number of hydrogen-bond donors (Lipinski definition) is 7. The Bertz CT molecular complexity index is 4340. The summed E-state index contributed by atoms with van der Waals surface area (Å²) in [7, 11) is -9.11. The molecule has 6 aromatic carbocycles. The van der Waals surface area contributed by atoms with Crippen molar-refractivity contribution in [2.24, 2.45) is 0 Å². The van der Waals surface area contributed by atoms with Crippen molar-refractivity contribution in [2.75, 3.05) is 37.3 Å². The Morgan fingerprint density at radius 3 is 1.42 bits per heavy atom. The lowest BCUT2D eigenvalue weighted by atomic mass is 10.2. The maximum absolute atomic E-state index is 13.8. The van der Waals surface area contributed by atoms with Gasteiger partial charge in [0.15, 0.2) is 0 Å². The molecule has 0 unspecified atom stereocenters. The van der Waals surface area contributed by atoms with Gasteiger partial charge in [-0.1, -0.05) is 23.7 Å². The van der Waals surface area contributed by atoms with Gasteiger partial charge < -0.3 is 44.3 Å². The lowest BCUT2D eigenvalue weighted by Gasteiger charge is -2.16. The summed E-state index contributed by atoms with van der Waals surface area (Å²) in [5.74, 6) is -3.25. The summed E-state index contributed by atoms with van der Waals surface area (Å²) >= 11 is 6.06. The molecule has 0 aliphatic carbocycles. The summed E-state index contributed by atoms with van der Waals surface area (Å²) < 4.78 is 134. The molecule has 24 nitrogen and oxygen atoms in total. The minimum Gasteiger partial charge on any atom is -0.452 e. The molecule has 2 atom stereocenters. The number of ether oxygens (including phenoxy) is 3. The Balaban J connectivity index is 0.00000132. The van der Waals surface area contributed by atoms with Crippen LogP contribution in [0.3, 0.4) is 0 Å². The molecule has 86 heavy (non-hydrogen) atoms. The third-order valence-electron chi connectivity index (χ3n) is 12.4. The summed E-state index contributed by atoms with van der Waals surface area (Å²) in [6, 6.07) is 31.0. The molecule has 3 aromatic heterocycles.